The predicted molar refractivity (Wildman–Crippen MR) is 146 cm³/mol. The Morgan fingerprint density at radius 3 is 1.19 bits per heavy atom. The number of halogens is 3. The number of piperazine rings is 3. The lowest BCUT2D eigenvalue weighted by molar-refractivity contribution is -0.0000151. The fraction of sp³-hybridized carbons (Fsp3) is 1.00. The van der Waals surface area contributed by atoms with Gasteiger partial charge in [-0.25, -0.2) is 16.8 Å². The third kappa shape index (κ3) is 18.0. The van der Waals surface area contributed by atoms with E-state index in [1.165, 1.54) is 21.1 Å². The lowest BCUT2D eigenvalue weighted by atomic mass is 9.84. The quantitative estimate of drug-likeness (QED) is 0.179. The molecule has 0 aliphatic carbocycles. The summed E-state index contributed by atoms with van der Waals surface area (Å²) in [5.74, 6) is 0. The standard InChI is InChI=1S/C6H15BN2O3S.C5H13BN2O.C5H12N2O2S.CH2Cl2.ClH/c1-7(10)8-3-5-9(6-4-8)13(2,11)12;1-6(9)8-4-2-7-3-5-8;1-10(8,9)7-4-2-6-3-5-7;2-1-3;/h10H,3-6H2,1-2H3;7,9H,2-5H2,1H3;6H,2-5H2,1H3;1H2;1H/p-1. The summed E-state index contributed by atoms with van der Waals surface area (Å²) in [6.45, 7) is 12.4. The third-order valence-corrected chi connectivity index (χ3v) is 8.10. The highest BCUT2D eigenvalue weighted by molar-refractivity contribution is 7.88. The second kappa shape index (κ2) is 20.5. The van der Waals surface area contributed by atoms with Crippen molar-refractivity contribution in [1.82, 2.24) is 28.9 Å². The molecule has 0 saturated carbocycles. The molecule has 0 amide bonds. The van der Waals surface area contributed by atoms with Crippen molar-refractivity contribution < 1.29 is 39.3 Å². The summed E-state index contributed by atoms with van der Waals surface area (Å²) < 4.78 is 46.9. The van der Waals surface area contributed by atoms with Crippen molar-refractivity contribution in [1.29, 1.82) is 0 Å². The Balaban J connectivity index is 0. The molecule has 0 bridgehead atoms. The fourth-order valence-corrected chi connectivity index (χ4v) is 5.11. The van der Waals surface area contributed by atoms with E-state index >= 15 is 0 Å². The Hall–Kier alpha value is 0.580. The second-order valence-electron chi connectivity index (χ2n) is 8.26. The first-order chi connectivity index (χ1) is 16.2. The largest absolute Gasteiger partial charge is 1.00 e. The molecule has 36 heavy (non-hydrogen) atoms. The van der Waals surface area contributed by atoms with Gasteiger partial charge in [-0.15, -0.1) is 23.2 Å². The fourth-order valence-electron chi connectivity index (χ4n) is 3.44. The zero-order valence-electron chi connectivity index (χ0n) is 21.6. The van der Waals surface area contributed by atoms with E-state index in [1.54, 1.807) is 6.82 Å². The van der Waals surface area contributed by atoms with Crippen LogP contribution < -0.4 is 23.0 Å². The predicted octanol–water partition coefficient (Wildman–Crippen LogP) is -5.05. The van der Waals surface area contributed by atoms with Crippen LogP contribution >= 0.6 is 23.2 Å². The van der Waals surface area contributed by atoms with E-state index in [-0.39, 0.29) is 24.8 Å². The molecular formula is C17H42B2Cl3N6O6S2-. The normalized spacial score (nSPS) is 20.2. The first kappa shape index (κ1) is 38.7. The Labute approximate surface area is 234 Å². The van der Waals surface area contributed by atoms with Gasteiger partial charge in [0.15, 0.2) is 0 Å². The number of sulfonamides is 2. The summed E-state index contributed by atoms with van der Waals surface area (Å²) in [7, 11) is -6.74. The maximum absolute atomic E-state index is 11.1. The lowest BCUT2D eigenvalue weighted by Gasteiger charge is -2.33. The van der Waals surface area contributed by atoms with Crippen LogP contribution in [0.1, 0.15) is 0 Å². The minimum absolute atomic E-state index is 0. The molecule has 3 saturated heterocycles. The molecule has 3 rings (SSSR count). The highest BCUT2D eigenvalue weighted by Crippen LogP contribution is 2.06. The molecule has 12 nitrogen and oxygen atoms in total. The van der Waals surface area contributed by atoms with E-state index in [9.17, 15) is 21.9 Å². The number of rotatable bonds is 4. The van der Waals surface area contributed by atoms with Crippen LogP contribution in [0.25, 0.3) is 0 Å². The van der Waals surface area contributed by atoms with Crippen LogP contribution in [0.15, 0.2) is 0 Å². The number of hydrogen-bond donors (Lipinski definition) is 4. The van der Waals surface area contributed by atoms with Gasteiger partial charge in [0.1, 0.15) is 0 Å². The summed E-state index contributed by atoms with van der Waals surface area (Å²) >= 11 is 9.53. The summed E-state index contributed by atoms with van der Waals surface area (Å²) in [4.78, 5) is 3.90. The van der Waals surface area contributed by atoms with E-state index in [4.69, 9.17) is 28.2 Å². The van der Waals surface area contributed by atoms with Crippen LogP contribution in [-0.4, -0.2) is 156 Å². The third-order valence-electron chi connectivity index (χ3n) is 5.50. The van der Waals surface area contributed by atoms with Gasteiger partial charge in [-0.2, -0.15) is 8.61 Å². The Morgan fingerprint density at radius 2 is 0.944 bits per heavy atom. The van der Waals surface area contributed by atoms with Crippen LogP contribution in [-0.2, 0) is 20.0 Å². The smallest absolute Gasteiger partial charge is 0.376 e. The molecule has 3 aliphatic heterocycles. The molecule has 3 heterocycles. The minimum atomic E-state index is -3.05. The summed E-state index contributed by atoms with van der Waals surface area (Å²) in [6, 6.07) is 0. The first-order valence-electron chi connectivity index (χ1n) is 11.5. The SMILES string of the molecule is CB(O)N1CCN(S(C)(=O)=O)CC1.CB(O)N1CCNCC1.CS(=O)(=O)N1CCNCC1.ClCCl.[Cl-]. The zero-order valence-corrected chi connectivity index (χ0v) is 25.5. The highest BCUT2D eigenvalue weighted by Gasteiger charge is 2.26. The Morgan fingerprint density at radius 1 is 0.667 bits per heavy atom. The van der Waals surface area contributed by atoms with E-state index in [0.29, 0.717) is 39.3 Å². The van der Waals surface area contributed by atoms with Crippen molar-refractivity contribution in [2.75, 3.05) is 96.4 Å². The van der Waals surface area contributed by atoms with Crippen molar-refractivity contribution >= 4 is 57.3 Å². The van der Waals surface area contributed by atoms with E-state index in [0.717, 1.165) is 39.3 Å². The van der Waals surface area contributed by atoms with Crippen molar-refractivity contribution in [3.05, 3.63) is 0 Å². The van der Waals surface area contributed by atoms with Gasteiger partial charge in [0.25, 0.3) is 0 Å². The van der Waals surface area contributed by atoms with E-state index in [2.05, 4.69) is 15.4 Å². The van der Waals surface area contributed by atoms with Gasteiger partial charge in [0.2, 0.25) is 20.0 Å². The summed E-state index contributed by atoms with van der Waals surface area (Å²) in [5.41, 5.74) is 0. The van der Waals surface area contributed by atoms with Gasteiger partial charge in [0.05, 0.1) is 17.9 Å². The Kier molecular flexibility index (Phi) is 22.0. The van der Waals surface area contributed by atoms with Gasteiger partial charge in [-0.05, 0) is 13.6 Å². The molecule has 3 fully saturated rings. The van der Waals surface area contributed by atoms with Crippen LogP contribution in [0.3, 0.4) is 0 Å². The molecule has 0 aromatic rings. The van der Waals surface area contributed by atoms with Crippen LogP contribution in [0.4, 0.5) is 0 Å². The molecule has 0 aromatic heterocycles. The molecule has 4 N–H and O–H groups in total. The molecule has 3 aliphatic rings. The molecule has 0 unspecified atom stereocenters. The van der Waals surface area contributed by atoms with Crippen molar-refractivity contribution in [2.45, 2.75) is 13.6 Å². The molecular weight excluding hydrogens is 576 g/mol. The van der Waals surface area contributed by atoms with Gasteiger partial charge >= 0.3 is 14.1 Å². The summed E-state index contributed by atoms with van der Waals surface area (Å²) in [5, 5.41) is 24.8. The average Bonchev–Trinajstić information content (AvgIpc) is 2.80. The van der Waals surface area contributed by atoms with Crippen molar-refractivity contribution in [2.24, 2.45) is 0 Å². The van der Waals surface area contributed by atoms with Crippen molar-refractivity contribution in [3.8, 4) is 0 Å². The maximum atomic E-state index is 11.1. The van der Waals surface area contributed by atoms with Crippen LogP contribution in [0.2, 0.25) is 13.6 Å². The van der Waals surface area contributed by atoms with Gasteiger partial charge in [-0.3, -0.25) is 0 Å². The second-order valence-corrected chi connectivity index (χ2v) is 13.0. The molecule has 0 spiro atoms. The van der Waals surface area contributed by atoms with Gasteiger partial charge in [0, 0.05) is 78.5 Å². The van der Waals surface area contributed by atoms with Gasteiger partial charge < -0.3 is 42.7 Å². The number of alkyl halides is 2. The first-order valence-corrected chi connectivity index (χ1v) is 16.3. The highest BCUT2D eigenvalue weighted by atomic mass is 35.5. The van der Waals surface area contributed by atoms with E-state index < -0.39 is 27.1 Å². The molecule has 216 valence electrons. The van der Waals surface area contributed by atoms with Crippen LogP contribution in [0, 0.1) is 0 Å². The molecule has 19 heteroatoms. The monoisotopic (exact) mass is 617 g/mol. The lowest BCUT2D eigenvalue weighted by Crippen LogP contribution is -3.00. The summed E-state index contributed by atoms with van der Waals surface area (Å²) in [6.07, 6.45) is 2.46. The maximum Gasteiger partial charge on any atom is 0.376 e. The molecule has 0 atom stereocenters. The number of nitrogens with one attached hydrogen (secondary N) is 2. The molecule has 0 radical (unpaired) electrons. The number of hydrogen-bond acceptors (Lipinski definition) is 10. The van der Waals surface area contributed by atoms with Crippen LogP contribution in [0.5, 0.6) is 0 Å². The van der Waals surface area contributed by atoms with Gasteiger partial charge in [-0.1, -0.05) is 0 Å². The average molecular weight is 619 g/mol. The number of nitrogens with zero attached hydrogens (tertiary/aromatic N) is 4. The molecule has 0 aromatic carbocycles. The Bertz CT molecular complexity index is 754. The van der Waals surface area contributed by atoms with Crippen molar-refractivity contribution in [3.63, 3.8) is 0 Å². The minimum Gasteiger partial charge on any atom is -1.00 e. The zero-order chi connectivity index (χ0) is 27.1. The topological polar surface area (TPSA) is 146 Å². The van der Waals surface area contributed by atoms with E-state index in [1.807, 2.05) is 11.6 Å².